The van der Waals surface area contributed by atoms with E-state index >= 15 is 0 Å². The molecule has 3 unspecified atom stereocenters. The Morgan fingerprint density at radius 3 is 2.54 bits per heavy atom. The van der Waals surface area contributed by atoms with Gasteiger partial charge in [0, 0.05) is 13.0 Å². The summed E-state index contributed by atoms with van der Waals surface area (Å²) in [5.74, 6) is 0.583. The fraction of sp³-hybridized carbons (Fsp3) is 0.273. The van der Waals surface area contributed by atoms with Crippen LogP contribution in [0, 0.1) is 11.3 Å². The van der Waals surface area contributed by atoms with Crippen molar-refractivity contribution in [3.8, 4) is 11.8 Å². The minimum atomic E-state index is -1.19. The number of hydrogen-bond donors (Lipinski definition) is 3. The number of aliphatic hydroxyl groups is 2. The van der Waals surface area contributed by atoms with Crippen LogP contribution in [-0.2, 0) is 11.2 Å². The van der Waals surface area contributed by atoms with Crippen molar-refractivity contribution < 1.29 is 14.9 Å². The summed E-state index contributed by atoms with van der Waals surface area (Å²) in [4.78, 5) is 0. The molecule has 3 atom stereocenters. The van der Waals surface area contributed by atoms with E-state index in [1.165, 1.54) is 0 Å². The third-order valence-electron chi connectivity index (χ3n) is 5.83. The molecule has 6 nitrogen and oxygen atoms in total. The van der Waals surface area contributed by atoms with Gasteiger partial charge >= 0.3 is 0 Å². The number of hydrogen-bond acceptors (Lipinski definition) is 5. The van der Waals surface area contributed by atoms with Gasteiger partial charge in [-0.05, 0) is 36.1 Å². The second kappa shape index (κ2) is 6.79. The smallest absolute Gasteiger partial charge is 0.175 e. The van der Waals surface area contributed by atoms with Crippen LogP contribution in [0.15, 0.2) is 60.8 Å². The second-order valence-corrected chi connectivity index (χ2v) is 7.00. The molecule has 28 heavy (non-hydrogen) atoms. The van der Waals surface area contributed by atoms with Crippen LogP contribution < -0.4 is 4.74 Å². The van der Waals surface area contributed by atoms with E-state index in [1.807, 2.05) is 30.3 Å². The van der Waals surface area contributed by atoms with Crippen molar-refractivity contribution in [1.29, 1.82) is 5.26 Å². The summed E-state index contributed by atoms with van der Waals surface area (Å²) in [6, 6.07) is 19.7. The zero-order valence-electron chi connectivity index (χ0n) is 15.5. The molecule has 1 aromatic heterocycles. The first-order chi connectivity index (χ1) is 13.7. The highest BCUT2D eigenvalue weighted by Crippen LogP contribution is 2.65. The van der Waals surface area contributed by atoms with E-state index in [1.54, 1.807) is 18.3 Å². The molecule has 0 radical (unpaired) electrons. The Kier molecular flexibility index (Phi) is 4.42. The Hall–Kier alpha value is -3.14. The highest BCUT2D eigenvalue weighted by molar-refractivity contribution is 5.50. The highest BCUT2D eigenvalue weighted by atomic mass is 16.5. The predicted molar refractivity (Wildman–Crippen MR) is 103 cm³/mol. The van der Waals surface area contributed by atoms with Crippen LogP contribution in [0.2, 0.25) is 0 Å². The molecular weight excluding hydrogens is 354 g/mol. The standard InChI is InChI=1S/C21H17N3O2.CH4O/c22-12-14-6-8-16(9-7-14)21-17(15-4-2-1-3-5-15)10-11-20(21,25)19-18(26-21)13-23-24-19;1-2/h1-9,13,17,25H,10-11H2,(H,23,24);2H,1H3. The SMILES string of the molecule is CO.N#Cc1ccc(C23Oc4cn[nH]c4C2(O)CCC3c2ccccc2)cc1. The predicted octanol–water partition coefficient (Wildman–Crippen LogP) is 2.94. The molecule has 5 rings (SSSR count). The van der Waals surface area contributed by atoms with E-state index in [2.05, 4.69) is 28.4 Å². The van der Waals surface area contributed by atoms with Gasteiger partial charge in [0.1, 0.15) is 5.69 Å². The van der Waals surface area contributed by atoms with Crippen molar-refractivity contribution in [3.05, 3.63) is 83.2 Å². The monoisotopic (exact) mass is 375 g/mol. The van der Waals surface area contributed by atoms with Crippen LogP contribution in [0.1, 0.15) is 41.1 Å². The van der Waals surface area contributed by atoms with Gasteiger partial charge in [-0.25, -0.2) is 0 Å². The Labute approximate surface area is 163 Å². The first kappa shape index (κ1) is 18.2. The summed E-state index contributed by atoms with van der Waals surface area (Å²) in [5.41, 5.74) is 1.10. The lowest BCUT2D eigenvalue weighted by Crippen LogP contribution is -2.48. The fourth-order valence-electron chi connectivity index (χ4n) is 4.70. The molecule has 3 aromatic rings. The topological polar surface area (TPSA) is 102 Å². The molecule has 0 saturated heterocycles. The molecule has 0 spiro atoms. The third kappa shape index (κ3) is 2.30. The van der Waals surface area contributed by atoms with Gasteiger partial charge in [-0.2, -0.15) is 10.4 Å². The summed E-state index contributed by atoms with van der Waals surface area (Å²) in [6.45, 7) is 0. The van der Waals surface area contributed by atoms with Crippen LogP contribution in [-0.4, -0.2) is 27.5 Å². The number of nitriles is 1. The van der Waals surface area contributed by atoms with E-state index < -0.39 is 11.2 Å². The number of benzene rings is 2. The number of H-pyrrole nitrogens is 1. The minimum absolute atomic E-state index is 0.0116. The van der Waals surface area contributed by atoms with E-state index in [0.29, 0.717) is 23.4 Å². The number of ether oxygens (including phenoxy) is 1. The molecule has 2 aromatic carbocycles. The molecule has 0 amide bonds. The van der Waals surface area contributed by atoms with Crippen LogP contribution in [0.3, 0.4) is 0 Å². The van der Waals surface area contributed by atoms with Crippen molar-refractivity contribution in [1.82, 2.24) is 10.2 Å². The van der Waals surface area contributed by atoms with Gasteiger partial charge in [0.15, 0.2) is 17.0 Å². The Balaban J connectivity index is 0.000000932. The van der Waals surface area contributed by atoms with Gasteiger partial charge in [0.25, 0.3) is 0 Å². The number of nitrogens with zero attached hydrogens (tertiary/aromatic N) is 2. The molecule has 1 fully saturated rings. The fourth-order valence-corrected chi connectivity index (χ4v) is 4.70. The lowest BCUT2D eigenvalue weighted by Gasteiger charge is -2.40. The van der Waals surface area contributed by atoms with Gasteiger partial charge in [-0.15, -0.1) is 0 Å². The van der Waals surface area contributed by atoms with Crippen molar-refractivity contribution in [2.45, 2.75) is 30.0 Å². The molecule has 2 heterocycles. The van der Waals surface area contributed by atoms with Crippen molar-refractivity contribution in [2.24, 2.45) is 0 Å². The average Bonchev–Trinajstić information content (AvgIpc) is 3.40. The van der Waals surface area contributed by atoms with Crippen molar-refractivity contribution in [2.75, 3.05) is 7.11 Å². The largest absolute Gasteiger partial charge is 0.475 e. The minimum Gasteiger partial charge on any atom is -0.475 e. The maximum absolute atomic E-state index is 11.8. The molecule has 0 bridgehead atoms. The quantitative estimate of drug-likeness (QED) is 0.639. The van der Waals surface area contributed by atoms with Gasteiger partial charge in [0.2, 0.25) is 0 Å². The molecule has 142 valence electrons. The lowest BCUT2D eigenvalue weighted by molar-refractivity contribution is -0.108. The summed E-state index contributed by atoms with van der Waals surface area (Å²) < 4.78 is 6.46. The molecular formula is C22H21N3O3. The first-order valence-electron chi connectivity index (χ1n) is 9.14. The molecule has 1 saturated carbocycles. The van der Waals surface area contributed by atoms with Crippen LogP contribution in [0.5, 0.6) is 5.75 Å². The zero-order valence-corrected chi connectivity index (χ0v) is 15.5. The highest BCUT2D eigenvalue weighted by Gasteiger charge is 2.69. The number of aliphatic hydroxyl groups excluding tert-OH is 1. The number of aromatic nitrogens is 2. The molecule has 1 aliphatic carbocycles. The summed E-state index contributed by atoms with van der Waals surface area (Å²) in [5, 5.41) is 34.9. The third-order valence-corrected chi connectivity index (χ3v) is 5.83. The number of aromatic amines is 1. The van der Waals surface area contributed by atoms with E-state index in [9.17, 15) is 5.11 Å². The first-order valence-corrected chi connectivity index (χ1v) is 9.14. The maximum Gasteiger partial charge on any atom is 0.175 e. The van der Waals surface area contributed by atoms with Gasteiger partial charge in [0.05, 0.1) is 17.8 Å². The number of fused-ring (bicyclic) bond motifs is 3. The van der Waals surface area contributed by atoms with Gasteiger partial charge in [-0.1, -0.05) is 42.5 Å². The zero-order chi connectivity index (χ0) is 19.8. The maximum atomic E-state index is 11.8. The van der Waals surface area contributed by atoms with Crippen LogP contribution in [0.25, 0.3) is 0 Å². The number of nitrogens with one attached hydrogen (secondary N) is 1. The number of rotatable bonds is 2. The average molecular weight is 375 g/mol. The Morgan fingerprint density at radius 2 is 1.86 bits per heavy atom. The molecule has 3 N–H and O–H groups in total. The summed E-state index contributed by atoms with van der Waals surface area (Å²) in [7, 11) is 1.00. The molecule has 2 aliphatic rings. The van der Waals surface area contributed by atoms with Gasteiger partial charge < -0.3 is 14.9 Å². The Bertz CT molecular complexity index is 1010. The Morgan fingerprint density at radius 1 is 1.14 bits per heavy atom. The van der Waals surface area contributed by atoms with E-state index in [0.717, 1.165) is 24.7 Å². The van der Waals surface area contributed by atoms with Crippen molar-refractivity contribution >= 4 is 0 Å². The van der Waals surface area contributed by atoms with E-state index in [4.69, 9.17) is 15.1 Å². The molecule has 1 aliphatic heterocycles. The summed E-state index contributed by atoms with van der Waals surface area (Å²) >= 11 is 0. The lowest BCUT2D eigenvalue weighted by atomic mass is 9.73. The van der Waals surface area contributed by atoms with E-state index in [-0.39, 0.29) is 5.92 Å². The van der Waals surface area contributed by atoms with Crippen LogP contribution in [0.4, 0.5) is 0 Å². The summed E-state index contributed by atoms with van der Waals surface area (Å²) in [6.07, 6.45) is 2.99. The molecule has 6 heteroatoms. The van der Waals surface area contributed by atoms with Crippen LogP contribution >= 0.6 is 0 Å². The van der Waals surface area contributed by atoms with Crippen molar-refractivity contribution in [3.63, 3.8) is 0 Å². The van der Waals surface area contributed by atoms with Gasteiger partial charge in [-0.3, -0.25) is 5.10 Å². The normalized spacial score (nSPS) is 27.0. The second-order valence-electron chi connectivity index (χ2n) is 7.00.